The summed E-state index contributed by atoms with van der Waals surface area (Å²) in [6, 6.07) is 7.54. The van der Waals surface area contributed by atoms with E-state index in [0.717, 1.165) is 43.5 Å². The molecular formula is C28H32F3N3O3. The Morgan fingerprint density at radius 3 is 2.32 bits per heavy atom. The fourth-order valence-corrected chi connectivity index (χ4v) is 6.07. The summed E-state index contributed by atoms with van der Waals surface area (Å²) in [6.45, 7) is 1.99. The van der Waals surface area contributed by atoms with Crippen molar-refractivity contribution in [2.24, 2.45) is 5.92 Å². The fourth-order valence-electron chi connectivity index (χ4n) is 6.07. The molecule has 2 aromatic rings. The quantitative estimate of drug-likeness (QED) is 0.618. The molecule has 3 aliphatic rings. The molecule has 2 atom stereocenters. The number of carboxylic acids is 1. The number of nitrogens with zero attached hydrogens (tertiary/aromatic N) is 3. The number of amides is 1. The summed E-state index contributed by atoms with van der Waals surface area (Å²) in [5.41, 5.74) is 3.19. The predicted molar refractivity (Wildman–Crippen MR) is 131 cm³/mol. The average Bonchev–Trinajstić information content (AvgIpc) is 3.37. The standard InChI is InChI=1S/C28H32F3N3O3/c29-28(30,31)22-8-5-20(6-9-22)25(27(36)37)34-16-13-21(17-34)26(35)33-14-11-19(12-15-33)24-10-7-18-3-1-2-4-23(18)32-24/h5-10,19,21,25H,1-4,11-17H2,(H,36,37)/t21-,25?/m1/s1. The van der Waals surface area contributed by atoms with Crippen LogP contribution in [-0.4, -0.2) is 57.9 Å². The number of likely N-dealkylation sites (tertiary alicyclic amines) is 2. The van der Waals surface area contributed by atoms with Gasteiger partial charge in [0.1, 0.15) is 6.04 Å². The Kier molecular flexibility index (Phi) is 7.25. The molecule has 0 saturated carbocycles. The summed E-state index contributed by atoms with van der Waals surface area (Å²) in [7, 11) is 0. The maximum Gasteiger partial charge on any atom is 0.416 e. The van der Waals surface area contributed by atoms with E-state index in [0.29, 0.717) is 32.0 Å². The average molecular weight is 516 g/mol. The second-order valence-corrected chi connectivity index (χ2v) is 10.5. The molecule has 1 unspecified atom stereocenters. The minimum absolute atomic E-state index is 0.0379. The van der Waals surface area contributed by atoms with Gasteiger partial charge in [0.25, 0.3) is 0 Å². The van der Waals surface area contributed by atoms with Crippen LogP contribution in [0.25, 0.3) is 0 Å². The Balaban J connectivity index is 1.18. The first-order valence-corrected chi connectivity index (χ1v) is 13.1. The number of aryl methyl sites for hydroxylation is 2. The fraction of sp³-hybridized carbons (Fsp3) is 0.536. The van der Waals surface area contributed by atoms with Crippen LogP contribution in [0.3, 0.4) is 0 Å². The summed E-state index contributed by atoms with van der Waals surface area (Å²) in [4.78, 5) is 33.8. The number of pyridine rings is 1. The molecule has 2 fully saturated rings. The van der Waals surface area contributed by atoms with Gasteiger partial charge in [-0.3, -0.25) is 19.5 Å². The van der Waals surface area contributed by atoms with Crippen molar-refractivity contribution < 1.29 is 27.9 Å². The van der Waals surface area contributed by atoms with Crippen LogP contribution in [0.1, 0.15) is 72.1 Å². The van der Waals surface area contributed by atoms with E-state index in [4.69, 9.17) is 4.98 Å². The number of hydrogen-bond donors (Lipinski definition) is 1. The Bertz CT molecular complexity index is 1140. The minimum Gasteiger partial charge on any atom is -0.480 e. The molecule has 1 aliphatic carbocycles. The van der Waals surface area contributed by atoms with Crippen molar-refractivity contribution in [1.29, 1.82) is 0 Å². The van der Waals surface area contributed by atoms with Gasteiger partial charge in [0, 0.05) is 43.5 Å². The summed E-state index contributed by atoms with van der Waals surface area (Å²) in [5, 5.41) is 9.84. The molecule has 2 saturated heterocycles. The van der Waals surface area contributed by atoms with Gasteiger partial charge in [-0.25, -0.2) is 0 Å². The number of rotatable bonds is 5. The van der Waals surface area contributed by atoms with Crippen molar-refractivity contribution in [2.45, 2.75) is 63.1 Å². The number of alkyl halides is 3. The molecule has 2 aliphatic heterocycles. The highest BCUT2D eigenvalue weighted by Crippen LogP contribution is 2.34. The van der Waals surface area contributed by atoms with E-state index in [1.54, 1.807) is 4.90 Å². The molecule has 1 amide bonds. The van der Waals surface area contributed by atoms with E-state index in [-0.39, 0.29) is 23.9 Å². The molecule has 0 radical (unpaired) electrons. The summed E-state index contributed by atoms with van der Waals surface area (Å²) >= 11 is 0. The van der Waals surface area contributed by atoms with E-state index in [2.05, 4.69) is 12.1 Å². The number of carbonyl (C=O) groups excluding carboxylic acids is 1. The number of benzene rings is 1. The van der Waals surface area contributed by atoms with Crippen LogP contribution in [0.15, 0.2) is 36.4 Å². The zero-order valence-electron chi connectivity index (χ0n) is 20.7. The molecule has 1 aromatic carbocycles. The van der Waals surface area contributed by atoms with Gasteiger partial charge in [0.15, 0.2) is 0 Å². The van der Waals surface area contributed by atoms with E-state index < -0.39 is 23.8 Å². The molecule has 0 bridgehead atoms. The first-order valence-electron chi connectivity index (χ1n) is 13.1. The molecular weight excluding hydrogens is 483 g/mol. The van der Waals surface area contributed by atoms with Crippen LogP contribution in [-0.2, 0) is 28.6 Å². The summed E-state index contributed by atoms with van der Waals surface area (Å²) < 4.78 is 38.7. The first kappa shape index (κ1) is 25.7. The van der Waals surface area contributed by atoms with Crippen LogP contribution in [0.2, 0.25) is 0 Å². The Morgan fingerprint density at radius 1 is 0.946 bits per heavy atom. The third-order valence-electron chi connectivity index (χ3n) is 8.15. The number of halogens is 3. The number of aromatic nitrogens is 1. The SMILES string of the molecule is O=C(O)C(c1ccc(C(F)(F)F)cc1)N1CC[C@@H](C(=O)N2CCC(c3ccc4c(n3)CCCC4)CC2)C1. The van der Waals surface area contributed by atoms with Gasteiger partial charge in [-0.15, -0.1) is 0 Å². The number of piperidine rings is 1. The molecule has 1 N–H and O–H groups in total. The second-order valence-electron chi connectivity index (χ2n) is 10.5. The lowest BCUT2D eigenvalue weighted by molar-refractivity contribution is -0.144. The van der Waals surface area contributed by atoms with Gasteiger partial charge < -0.3 is 10.0 Å². The van der Waals surface area contributed by atoms with E-state index in [1.807, 2.05) is 4.90 Å². The molecule has 1 aromatic heterocycles. The van der Waals surface area contributed by atoms with Gasteiger partial charge in [-0.2, -0.15) is 13.2 Å². The zero-order chi connectivity index (χ0) is 26.2. The molecule has 6 nitrogen and oxygen atoms in total. The third kappa shape index (κ3) is 5.51. The smallest absolute Gasteiger partial charge is 0.416 e. The van der Waals surface area contributed by atoms with Crippen molar-refractivity contribution in [1.82, 2.24) is 14.8 Å². The van der Waals surface area contributed by atoms with Gasteiger partial charge in [0.05, 0.1) is 11.5 Å². The predicted octanol–water partition coefficient (Wildman–Crippen LogP) is 4.83. The molecule has 3 heterocycles. The van der Waals surface area contributed by atoms with Gasteiger partial charge >= 0.3 is 12.1 Å². The van der Waals surface area contributed by atoms with E-state index >= 15 is 0 Å². The highest BCUT2D eigenvalue weighted by molar-refractivity contribution is 5.80. The number of carbonyl (C=O) groups is 2. The van der Waals surface area contributed by atoms with Crippen molar-refractivity contribution >= 4 is 11.9 Å². The number of carboxylic acid groups (broad SMARTS) is 1. The number of hydrogen-bond acceptors (Lipinski definition) is 4. The topological polar surface area (TPSA) is 73.7 Å². The Hall–Kier alpha value is -2.94. The van der Waals surface area contributed by atoms with Crippen molar-refractivity contribution in [3.63, 3.8) is 0 Å². The van der Waals surface area contributed by atoms with E-state index in [1.165, 1.54) is 36.2 Å². The third-order valence-corrected chi connectivity index (χ3v) is 8.15. The van der Waals surface area contributed by atoms with Gasteiger partial charge in [-0.05, 0) is 74.3 Å². The lowest BCUT2D eigenvalue weighted by Crippen LogP contribution is -2.42. The van der Waals surface area contributed by atoms with Crippen LogP contribution in [0.4, 0.5) is 13.2 Å². The second kappa shape index (κ2) is 10.4. The minimum atomic E-state index is -4.48. The highest BCUT2D eigenvalue weighted by atomic mass is 19.4. The summed E-state index contributed by atoms with van der Waals surface area (Å²) in [6.07, 6.45) is 2.34. The monoisotopic (exact) mass is 515 g/mol. The molecule has 37 heavy (non-hydrogen) atoms. The van der Waals surface area contributed by atoms with Crippen LogP contribution < -0.4 is 0 Å². The van der Waals surface area contributed by atoms with E-state index in [9.17, 15) is 27.9 Å². The molecule has 9 heteroatoms. The van der Waals surface area contributed by atoms with Gasteiger partial charge in [0.2, 0.25) is 5.91 Å². The largest absolute Gasteiger partial charge is 0.480 e. The van der Waals surface area contributed by atoms with Crippen molar-refractivity contribution in [3.05, 3.63) is 64.5 Å². The first-order chi connectivity index (χ1) is 17.7. The lowest BCUT2D eigenvalue weighted by atomic mass is 9.90. The zero-order valence-corrected chi connectivity index (χ0v) is 20.7. The lowest BCUT2D eigenvalue weighted by Gasteiger charge is -2.34. The molecule has 198 valence electrons. The van der Waals surface area contributed by atoms with Crippen molar-refractivity contribution in [3.8, 4) is 0 Å². The van der Waals surface area contributed by atoms with Gasteiger partial charge in [-0.1, -0.05) is 18.2 Å². The molecule has 5 rings (SSSR count). The number of fused-ring (bicyclic) bond motifs is 1. The Labute approximate surface area is 214 Å². The summed E-state index contributed by atoms with van der Waals surface area (Å²) in [5.74, 6) is -1.07. The van der Waals surface area contributed by atoms with Crippen LogP contribution in [0, 0.1) is 5.92 Å². The Morgan fingerprint density at radius 2 is 1.65 bits per heavy atom. The molecule has 0 spiro atoms. The normalized spacial score (nSPS) is 22.0. The maximum atomic E-state index is 13.3. The van der Waals surface area contributed by atoms with Crippen LogP contribution in [0.5, 0.6) is 0 Å². The highest BCUT2D eigenvalue weighted by Gasteiger charge is 2.39. The maximum absolute atomic E-state index is 13.3. The number of aliphatic carboxylic acids is 1. The van der Waals surface area contributed by atoms with Crippen LogP contribution >= 0.6 is 0 Å². The van der Waals surface area contributed by atoms with Crippen molar-refractivity contribution in [2.75, 3.05) is 26.2 Å².